The Hall–Kier alpha value is -1.21. The third-order valence-corrected chi connectivity index (χ3v) is 8.56. The number of benzene rings is 1. The molecule has 4 nitrogen and oxygen atoms in total. The van der Waals surface area contributed by atoms with E-state index in [1.165, 1.54) is 10.4 Å². The van der Waals surface area contributed by atoms with Crippen LogP contribution in [0.1, 0.15) is 28.8 Å². The first kappa shape index (κ1) is 18.2. The van der Waals surface area contributed by atoms with Crippen molar-refractivity contribution in [3.63, 3.8) is 0 Å². The van der Waals surface area contributed by atoms with Crippen LogP contribution in [-0.2, 0) is 29.4 Å². The van der Waals surface area contributed by atoms with E-state index >= 15 is 0 Å². The van der Waals surface area contributed by atoms with Crippen molar-refractivity contribution in [1.29, 1.82) is 0 Å². The lowest BCUT2D eigenvalue weighted by molar-refractivity contribution is 0.127. The van der Waals surface area contributed by atoms with Crippen molar-refractivity contribution < 1.29 is 8.42 Å². The van der Waals surface area contributed by atoms with Crippen molar-refractivity contribution in [2.24, 2.45) is 0 Å². The zero-order valence-corrected chi connectivity index (χ0v) is 16.6. The standard InChI is InChI=1S/C20H26N2O2S2/c23-26(24,15-10-17-4-2-1-3-5-17)22-12-6-19(7-13-22)21-11-8-20-18(16-21)9-14-25-20/h1-5,9,14,19H,6-8,10-13,15-16H2. The van der Waals surface area contributed by atoms with Crippen LogP contribution in [0.3, 0.4) is 0 Å². The van der Waals surface area contributed by atoms with Gasteiger partial charge < -0.3 is 0 Å². The predicted molar refractivity (Wildman–Crippen MR) is 107 cm³/mol. The summed E-state index contributed by atoms with van der Waals surface area (Å²) in [5, 5.41) is 2.19. The van der Waals surface area contributed by atoms with Gasteiger partial charge in [0.15, 0.2) is 0 Å². The van der Waals surface area contributed by atoms with Crippen LogP contribution in [0.25, 0.3) is 0 Å². The molecule has 0 bridgehead atoms. The lowest BCUT2D eigenvalue weighted by Crippen LogP contribution is -2.48. The fourth-order valence-electron chi connectivity index (χ4n) is 4.09. The fourth-order valence-corrected chi connectivity index (χ4v) is 6.50. The summed E-state index contributed by atoms with van der Waals surface area (Å²) >= 11 is 1.87. The largest absolute Gasteiger partial charge is 0.296 e. The topological polar surface area (TPSA) is 40.6 Å². The van der Waals surface area contributed by atoms with E-state index in [-0.39, 0.29) is 5.75 Å². The summed E-state index contributed by atoms with van der Waals surface area (Å²) < 4.78 is 27.1. The molecule has 0 aliphatic carbocycles. The molecule has 0 radical (unpaired) electrons. The number of piperidine rings is 1. The Kier molecular flexibility index (Phi) is 5.45. The minimum absolute atomic E-state index is 0.212. The van der Waals surface area contributed by atoms with E-state index in [1.807, 2.05) is 41.7 Å². The van der Waals surface area contributed by atoms with E-state index < -0.39 is 10.0 Å². The van der Waals surface area contributed by atoms with Crippen LogP contribution in [0, 0.1) is 0 Å². The monoisotopic (exact) mass is 390 g/mol. The first-order chi connectivity index (χ1) is 12.6. The SMILES string of the molecule is O=S(=O)(CCc1ccccc1)N1CCC(N2CCc3sccc3C2)CC1. The average molecular weight is 391 g/mol. The van der Waals surface area contributed by atoms with E-state index in [4.69, 9.17) is 0 Å². The summed E-state index contributed by atoms with van der Waals surface area (Å²) in [6, 6.07) is 12.6. The van der Waals surface area contributed by atoms with Crippen LogP contribution in [0.15, 0.2) is 41.8 Å². The van der Waals surface area contributed by atoms with Gasteiger partial charge in [0, 0.05) is 37.1 Å². The Balaban J connectivity index is 1.30. The van der Waals surface area contributed by atoms with Crippen molar-refractivity contribution in [3.05, 3.63) is 57.8 Å². The second-order valence-electron chi connectivity index (χ2n) is 7.27. The Labute approximate surface area is 160 Å². The van der Waals surface area contributed by atoms with Crippen LogP contribution in [-0.4, -0.2) is 49.1 Å². The van der Waals surface area contributed by atoms with Gasteiger partial charge >= 0.3 is 0 Å². The molecule has 0 saturated carbocycles. The molecule has 0 N–H and O–H groups in total. The average Bonchev–Trinajstić information content (AvgIpc) is 3.15. The van der Waals surface area contributed by atoms with Crippen molar-refractivity contribution >= 4 is 21.4 Å². The van der Waals surface area contributed by atoms with E-state index in [0.29, 0.717) is 25.6 Å². The highest BCUT2D eigenvalue weighted by Crippen LogP contribution is 2.28. The first-order valence-corrected chi connectivity index (χ1v) is 11.9. The number of sulfonamides is 1. The Morgan fingerprint density at radius 1 is 1.04 bits per heavy atom. The molecule has 2 aliphatic rings. The van der Waals surface area contributed by atoms with Crippen LogP contribution in [0.4, 0.5) is 0 Å². The maximum atomic E-state index is 12.7. The summed E-state index contributed by atoms with van der Waals surface area (Å²) in [5.41, 5.74) is 2.56. The smallest absolute Gasteiger partial charge is 0.214 e. The highest BCUT2D eigenvalue weighted by atomic mass is 32.2. The van der Waals surface area contributed by atoms with E-state index in [0.717, 1.165) is 37.9 Å². The Morgan fingerprint density at radius 3 is 2.58 bits per heavy atom. The summed E-state index contributed by atoms with van der Waals surface area (Å²) in [6.07, 6.45) is 3.63. The maximum Gasteiger partial charge on any atom is 0.214 e. The van der Waals surface area contributed by atoms with Gasteiger partial charge in [-0.2, -0.15) is 0 Å². The predicted octanol–water partition coefficient (Wildman–Crippen LogP) is 3.14. The van der Waals surface area contributed by atoms with Gasteiger partial charge in [-0.15, -0.1) is 11.3 Å². The summed E-state index contributed by atoms with van der Waals surface area (Å²) in [4.78, 5) is 4.09. The van der Waals surface area contributed by atoms with E-state index in [2.05, 4.69) is 16.3 Å². The van der Waals surface area contributed by atoms with Crippen molar-refractivity contribution in [1.82, 2.24) is 9.21 Å². The third kappa shape index (κ3) is 4.03. The van der Waals surface area contributed by atoms with Crippen LogP contribution in [0.5, 0.6) is 0 Å². The second kappa shape index (κ2) is 7.80. The molecule has 140 valence electrons. The van der Waals surface area contributed by atoms with Crippen LogP contribution in [0.2, 0.25) is 0 Å². The third-order valence-electron chi connectivity index (χ3n) is 5.66. The lowest BCUT2D eigenvalue weighted by Gasteiger charge is -2.39. The van der Waals surface area contributed by atoms with Gasteiger partial charge in [0.2, 0.25) is 10.0 Å². The van der Waals surface area contributed by atoms with Gasteiger partial charge in [0.05, 0.1) is 5.75 Å². The highest BCUT2D eigenvalue weighted by Gasteiger charge is 2.31. The molecular weight excluding hydrogens is 364 g/mol. The number of aryl methyl sites for hydroxylation is 1. The molecule has 2 aliphatic heterocycles. The van der Waals surface area contributed by atoms with Gasteiger partial charge in [0.25, 0.3) is 0 Å². The minimum Gasteiger partial charge on any atom is -0.296 e. The molecule has 0 atom stereocenters. The van der Waals surface area contributed by atoms with Crippen molar-refractivity contribution in [2.75, 3.05) is 25.4 Å². The number of nitrogens with zero attached hydrogens (tertiary/aromatic N) is 2. The molecule has 26 heavy (non-hydrogen) atoms. The highest BCUT2D eigenvalue weighted by molar-refractivity contribution is 7.89. The minimum atomic E-state index is -3.16. The number of hydrogen-bond acceptors (Lipinski definition) is 4. The van der Waals surface area contributed by atoms with Gasteiger partial charge in [-0.3, -0.25) is 4.90 Å². The number of thiophene rings is 1. The zero-order valence-electron chi connectivity index (χ0n) is 15.0. The van der Waals surface area contributed by atoms with Gasteiger partial charge in [-0.05, 0) is 48.3 Å². The zero-order chi connectivity index (χ0) is 18.0. The van der Waals surface area contributed by atoms with Gasteiger partial charge in [-0.1, -0.05) is 30.3 Å². The van der Waals surface area contributed by atoms with Crippen molar-refractivity contribution in [3.8, 4) is 0 Å². The number of rotatable bonds is 5. The maximum absolute atomic E-state index is 12.7. The number of hydrogen-bond donors (Lipinski definition) is 0. The number of fused-ring (bicyclic) bond motifs is 1. The fraction of sp³-hybridized carbons (Fsp3) is 0.500. The molecule has 0 unspecified atom stereocenters. The van der Waals surface area contributed by atoms with Crippen LogP contribution < -0.4 is 0 Å². The molecule has 1 aromatic heterocycles. The lowest BCUT2D eigenvalue weighted by atomic mass is 10.0. The summed E-state index contributed by atoms with van der Waals surface area (Å²) in [7, 11) is -3.16. The van der Waals surface area contributed by atoms with E-state index in [1.54, 1.807) is 4.31 Å². The molecule has 0 spiro atoms. The Bertz CT molecular complexity index is 825. The molecule has 3 heterocycles. The Morgan fingerprint density at radius 2 is 1.81 bits per heavy atom. The molecule has 6 heteroatoms. The summed E-state index contributed by atoms with van der Waals surface area (Å²) in [5.74, 6) is 0.212. The molecule has 4 rings (SSSR count). The van der Waals surface area contributed by atoms with E-state index in [9.17, 15) is 8.42 Å². The molecule has 0 amide bonds. The molecular formula is C20H26N2O2S2. The first-order valence-electron chi connectivity index (χ1n) is 9.43. The molecule has 1 saturated heterocycles. The normalized spacial score (nSPS) is 20.2. The van der Waals surface area contributed by atoms with Gasteiger partial charge in [0.1, 0.15) is 0 Å². The van der Waals surface area contributed by atoms with Crippen molar-refractivity contribution in [2.45, 2.75) is 38.3 Å². The van der Waals surface area contributed by atoms with Gasteiger partial charge in [-0.25, -0.2) is 12.7 Å². The molecule has 1 aromatic carbocycles. The molecule has 1 fully saturated rings. The van der Waals surface area contributed by atoms with Crippen LogP contribution >= 0.6 is 11.3 Å². The second-order valence-corrected chi connectivity index (χ2v) is 10.4. The quantitative estimate of drug-likeness (QED) is 0.787. The summed E-state index contributed by atoms with van der Waals surface area (Å²) in [6.45, 7) is 3.47. The molecule has 2 aromatic rings.